The van der Waals surface area contributed by atoms with Crippen LogP contribution in [0.25, 0.3) is 0 Å². The smallest absolute Gasteiger partial charge is 0.142 e. The van der Waals surface area contributed by atoms with E-state index in [1.54, 1.807) is 4.68 Å². The van der Waals surface area contributed by atoms with Crippen molar-refractivity contribution < 1.29 is 0 Å². The quantitative estimate of drug-likeness (QED) is 0.677. The zero-order chi connectivity index (χ0) is 10.6. The number of nitriles is 1. The molecule has 0 aliphatic heterocycles. The van der Waals surface area contributed by atoms with Gasteiger partial charge in [-0.1, -0.05) is 0 Å². The Bertz CT molecular complexity index is 347. The van der Waals surface area contributed by atoms with Crippen molar-refractivity contribution in [3.05, 3.63) is 11.3 Å². The largest absolute Gasteiger partial charge is 0.369 e. The van der Waals surface area contributed by atoms with Crippen LogP contribution in [-0.2, 0) is 7.05 Å². The number of aryl methyl sites for hydroxylation is 2. The third kappa shape index (κ3) is 2.03. The molecular weight excluding hydrogens is 178 g/mol. The third-order valence-corrected chi connectivity index (χ3v) is 2.01. The summed E-state index contributed by atoms with van der Waals surface area (Å²) in [5, 5.41) is 16.2. The van der Waals surface area contributed by atoms with E-state index in [2.05, 4.69) is 16.5 Å². The Morgan fingerprint density at radius 1 is 1.64 bits per heavy atom. The van der Waals surface area contributed by atoms with Crippen LogP contribution >= 0.6 is 0 Å². The molecule has 0 saturated heterocycles. The van der Waals surface area contributed by atoms with E-state index in [9.17, 15) is 0 Å². The SMILES string of the molecule is Cc1nn(C)c(NCCCN)c1C#N. The Morgan fingerprint density at radius 3 is 2.93 bits per heavy atom. The predicted molar refractivity (Wildman–Crippen MR) is 54.8 cm³/mol. The molecule has 1 aromatic rings. The molecule has 0 aliphatic rings. The van der Waals surface area contributed by atoms with Gasteiger partial charge in [0.15, 0.2) is 0 Å². The lowest BCUT2D eigenvalue weighted by Crippen LogP contribution is -2.11. The number of nitrogens with two attached hydrogens (primary N) is 1. The second-order valence-electron chi connectivity index (χ2n) is 3.11. The summed E-state index contributed by atoms with van der Waals surface area (Å²) in [6.45, 7) is 3.24. The lowest BCUT2D eigenvalue weighted by atomic mass is 10.2. The molecule has 0 fully saturated rings. The highest BCUT2D eigenvalue weighted by Crippen LogP contribution is 2.16. The highest BCUT2D eigenvalue weighted by molar-refractivity contribution is 5.54. The Morgan fingerprint density at radius 2 is 2.36 bits per heavy atom. The Kier molecular flexibility index (Phi) is 3.48. The van der Waals surface area contributed by atoms with E-state index >= 15 is 0 Å². The van der Waals surface area contributed by atoms with Gasteiger partial charge in [-0.05, 0) is 19.9 Å². The summed E-state index contributed by atoms with van der Waals surface area (Å²) in [5.74, 6) is 0.776. The number of hydrogen-bond acceptors (Lipinski definition) is 4. The molecular formula is C9H15N5. The van der Waals surface area contributed by atoms with Crippen molar-refractivity contribution in [3.8, 4) is 6.07 Å². The van der Waals surface area contributed by atoms with E-state index < -0.39 is 0 Å². The van der Waals surface area contributed by atoms with Crippen LogP contribution in [0.4, 0.5) is 5.82 Å². The second kappa shape index (κ2) is 4.63. The van der Waals surface area contributed by atoms with Gasteiger partial charge in [0.25, 0.3) is 0 Å². The van der Waals surface area contributed by atoms with Gasteiger partial charge in [-0.15, -0.1) is 0 Å². The van der Waals surface area contributed by atoms with E-state index in [1.807, 2.05) is 14.0 Å². The molecule has 0 spiro atoms. The van der Waals surface area contributed by atoms with E-state index in [4.69, 9.17) is 11.0 Å². The molecule has 1 aromatic heterocycles. The topological polar surface area (TPSA) is 79.7 Å². The molecule has 1 rings (SSSR count). The summed E-state index contributed by atoms with van der Waals surface area (Å²) in [6, 6.07) is 2.13. The number of anilines is 1. The van der Waals surface area contributed by atoms with Crippen molar-refractivity contribution >= 4 is 5.82 Å². The standard InChI is InChI=1S/C9H15N5/c1-7-8(6-11)9(14(2)13-7)12-5-3-4-10/h12H,3-5,10H2,1-2H3. The maximum absolute atomic E-state index is 8.90. The summed E-state index contributed by atoms with van der Waals surface area (Å²) in [7, 11) is 1.82. The first-order chi connectivity index (χ1) is 6.70. The summed E-state index contributed by atoms with van der Waals surface area (Å²) < 4.78 is 1.68. The second-order valence-corrected chi connectivity index (χ2v) is 3.11. The van der Waals surface area contributed by atoms with Gasteiger partial charge >= 0.3 is 0 Å². The lowest BCUT2D eigenvalue weighted by Gasteiger charge is -2.05. The average molecular weight is 193 g/mol. The van der Waals surface area contributed by atoms with Gasteiger partial charge in [-0.25, -0.2) is 0 Å². The summed E-state index contributed by atoms with van der Waals surface area (Å²) in [5.41, 5.74) is 6.75. The first-order valence-corrected chi connectivity index (χ1v) is 4.58. The molecule has 0 amide bonds. The summed E-state index contributed by atoms with van der Waals surface area (Å²) >= 11 is 0. The van der Waals surface area contributed by atoms with Crippen LogP contribution in [0, 0.1) is 18.3 Å². The normalized spacial score (nSPS) is 9.86. The zero-order valence-electron chi connectivity index (χ0n) is 8.54. The van der Waals surface area contributed by atoms with Crippen LogP contribution < -0.4 is 11.1 Å². The van der Waals surface area contributed by atoms with Crippen molar-refractivity contribution in [2.24, 2.45) is 12.8 Å². The predicted octanol–water partition coefficient (Wildman–Crippen LogP) is 0.361. The summed E-state index contributed by atoms with van der Waals surface area (Å²) in [6.07, 6.45) is 0.884. The molecule has 0 radical (unpaired) electrons. The molecule has 76 valence electrons. The van der Waals surface area contributed by atoms with Gasteiger partial charge in [0, 0.05) is 13.6 Å². The van der Waals surface area contributed by atoms with Crippen molar-refractivity contribution in [1.82, 2.24) is 9.78 Å². The molecule has 0 aromatic carbocycles. The van der Waals surface area contributed by atoms with Gasteiger partial charge in [-0.2, -0.15) is 10.4 Å². The van der Waals surface area contributed by atoms with Crippen LogP contribution in [0.15, 0.2) is 0 Å². The van der Waals surface area contributed by atoms with Crippen molar-refractivity contribution in [2.75, 3.05) is 18.4 Å². The number of aromatic nitrogens is 2. The van der Waals surface area contributed by atoms with E-state index in [1.165, 1.54) is 0 Å². The van der Waals surface area contributed by atoms with Crippen LogP contribution in [0.2, 0.25) is 0 Å². The van der Waals surface area contributed by atoms with Crippen LogP contribution in [0.5, 0.6) is 0 Å². The maximum Gasteiger partial charge on any atom is 0.142 e. The van der Waals surface area contributed by atoms with Gasteiger partial charge < -0.3 is 11.1 Å². The van der Waals surface area contributed by atoms with E-state index in [0.29, 0.717) is 12.1 Å². The Hall–Kier alpha value is -1.54. The van der Waals surface area contributed by atoms with Gasteiger partial charge in [0.05, 0.1) is 5.69 Å². The van der Waals surface area contributed by atoms with Crippen molar-refractivity contribution in [3.63, 3.8) is 0 Å². The number of rotatable bonds is 4. The molecule has 5 nitrogen and oxygen atoms in total. The fraction of sp³-hybridized carbons (Fsp3) is 0.556. The lowest BCUT2D eigenvalue weighted by molar-refractivity contribution is 0.752. The van der Waals surface area contributed by atoms with Gasteiger partial charge in [0.2, 0.25) is 0 Å². The Balaban J connectivity index is 2.80. The molecule has 0 atom stereocenters. The molecule has 3 N–H and O–H groups in total. The fourth-order valence-corrected chi connectivity index (χ4v) is 1.30. The minimum atomic E-state index is 0.615. The highest BCUT2D eigenvalue weighted by Gasteiger charge is 2.11. The Labute approximate surface area is 83.5 Å². The maximum atomic E-state index is 8.90. The summed E-state index contributed by atoms with van der Waals surface area (Å²) in [4.78, 5) is 0. The molecule has 0 saturated carbocycles. The monoisotopic (exact) mass is 193 g/mol. The van der Waals surface area contributed by atoms with Crippen molar-refractivity contribution in [1.29, 1.82) is 5.26 Å². The number of nitrogens with one attached hydrogen (secondary N) is 1. The van der Waals surface area contributed by atoms with Crippen LogP contribution in [0.3, 0.4) is 0 Å². The first kappa shape index (κ1) is 10.5. The minimum Gasteiger partial charge on any atom is -0.369 e. The van der Waals surface area contributed by atoms with Crippen LogP contribution in [0.1, 0.15) is 17.7 Å². The number of nitrogens with zero attached hydrogens (tertiary/aromatic N) is 3. The van der Waals surface area contributed by atoms with E-state index in [0.717, 1.165) is 24.5 Å². The third-order valence-electron chi connectivity index (χ3n) is 2.01. The van der Waals surface area contributed by atoms with Crippen LogP contribution in [-0.4, -0.2) is 22.9 Å². The molecule has 14 heavy (non-hydrogen) atoms. The van der Waals surface area contributed by atoms with Gasteiger partial charge in [0.1, 0.15) is 17.5 Å². The number of hydrogen-bond donors (Lipinski definition) is 2. The molecule has 0 aliphatic carbocycles. The van der Waals surface area contributed by atoms with Gasteiger partial charge in [-0.3, -0.25) is 4.68 Å². The molecule has 5 heteroatoms. The first-order valence-electron chi connectivity index (χ1n) is 4.58. The molecule has 0 unspecified atom stereocenters. The molecule has 1 heterocycles. The zero-order valence-corrected chi connectivity index (χ0v) is 8.54. The van der Waals surface area contributed by atoms with Crippen molar-refractivity contribution in [2.45, 2.75) is 13.3 Å². The fourth-order valence-electron chi connectivity index (χ4n) is 1.30. The molecule has 0 bridgehead atoms. The van der Waals surface area contributed by atoms with E-state index in [-0.39, 0.29) is 0 Å². The minimum absolute atomic E-state index is 0.615. The highest BCUT2D eigenvalue weighted by atomic mass is 15.3. The average Bonchev–Trinajstić information content (AvgIpc) is 2.42.